The lowest BCUT2D eigenvalue weighted by atomic mass is 10.1. The van der Waals surface area contributed by atoms with Gasteiger partial charge in [0.05, 0.1) is 19.7 Å². The molecular formula is C25H34IN7O. The van der Waals surface area contributed by atoms with Crippen molar-refractivity contribution in [3.05, 3.63) is 72.2 Å². The number of halogens is 1. The van der Waals surface area contributed by atoms with Crippen molar-refractivity contribution >= 4 is 29.9 Å². The predicted octanol–water partition coefficient (Wildman–Crippen LogP) is 3.79. The van der Waals surface area contributed by atoms with Crippen LogP contribution in [0.1, 0.15) is 36.9 Å². The SMILES string of the molecule is CCNC(=NCc1ccnc(-n2cccn2)c1)NCC(c1ccc(OC)cc1)N1CCCC1.I. The zero-order chi connectivity index (χ0) is 22.9. The van der Waals surface area contributed by atoms with Gasteiger partial charge in [-0.25, -0.2) is 14.7 Å². The topological polar surface area (TPSA) is 79.6 Å². The minimum atomic E-state index is 0. The quantitative estimate of drug-likeness (QED) is 0.230. The number of nitrogens with one attached hydrogen (secondary N) is 2. The second-order valence-corrected chi connectivity index (χ2v) is 8.08. The molecule has 0 aliphatic carbocycles. The smallest absolute Gasteiger partial charge is 0.191 e. The van der Waals surface area contributed by atoms with E-state index >= 15 is 0 Å². The molecular weight excluding hydrogens is 541 g/mol. The van der Waals surface area contributed by atoms with Gasteiger partial charge in [-0.05, 0) is 74.3 Å². The molecule has 0 spiro atoms. The lowest BCUT2D eigenvalue weighted by molar-refractivity contribution is 0.245. The lowest BCUT2D eigenvalue weighted by Crippen LogP contribution is -2.42. The van der Waals surface area contributed by atoms with Crippen LogP contribution in [0, 0.1) is 0 Å². The first-order valence-electron chi connectivity index (χ1n) is 11.6. The van der Waals surface area contributed by atoms with Crippen LogP contribution in [0.25, 0.3) is 5.82 Å². The Labute approximate surface area is 218 Å². The van der Waals surface area contributed by atoms with Crippen molar-refractivity contribution < 1.29 is 4.74 Å². The summed E-state index contributed by atoms with van der Waals surface area (Å²) in [6, 6.07) is 14.6. The Hall–Kier alpha value is -2.66. The number of rotatable bonds is 9. The first-order valence-corrected chi connectivity index (χ1v) is 11.6. The molecule has 3 heterocycles. The van der Waals surface area contributed by atoms with Gasteiger partial charge in [0.2, 0.25) is 0 Å². The minimum Gasteiger partial charge on any atom is -0.497 e. The van der Waals surface area contributed by atoms with E-state index in [2.05, 4.69) is 44.7 Å². The number of aromatic nitrogens is 3. The molecule has 1 fully saturated rings. The van der Waals surface area contributed by atoms with Gasteiger partial charge in [-0.1, -0.05) is 12.1 Å². The summed E-state index contributed by atoms with van der Waals surface area (Å²) in [6.45, 7) is 6.48. The van der Waals surface area contributed by atoms with E-state index in [9.17, 15) is 0 Å². The summed E-state index contributed by atoms with van der Waals surface area (Å²) in [5.74, 6) is 2.49. The number of likely N-dealkylation sites (tertiary alicyclic amines) is 1. The van der Waals surface area contributed by atoms with E-state index in [-0.39, 0.29) is 30.0 Å². The highest BCUT2D eigenvalue weighted by atomic mass is 127. The molecule has 1 aliphatic rings. The number of aliphatic imine (C=N–C) groups is 1. The Kier molecular flexibility index (Phi) is 10.1. The number of methoxy groups -OCH3 is 1. The van der Waals surface area contributed by atoms with Crippen LogP contribution in [-0.4, -0.2) is 58.9 Å². The third-order valence-corrected chi connectivity index (χ3v) is 5.86. The van der Waals surface area contributed by atoms with Gasteiger partial charge in [0.25, 0.3) is 0 Å². The molecule has 9 heteroatoms. The summed E-state index contributed by atoms with van der Waals surface area (Å²) in [6.07, 6.45) is 7.94. The molecule has 1 atom stereocenters. The van der Waals surface area contributed by atoms with Gasteiger partial charge >= 0.3 is 0 Å². The van der Waals surface area contributed by atoms with Crippen LogP contribution in [0.2, 0.25) is 0 Å². The van der Waals surface area contributed by atoms with Crippen LogP contribution in [0.5, 0.6) is 5.75 Å². The first kappa shape index (κ1) is 26.0. The van der Waals surface area contributed by atoms with E-state index in [0.717, 1.165) is 49.3 Å². The number of hydrogen-bond donors (Lipinski definition) is 2. The number of ether oxygens (including phenoxy) is 1. The van der Waals surface area contributed by atoms with Crippen LogP contribution in [0.15, 0.2) is 66.0 Å². The van der Waals surface area contributed by atoms with Gasteiger partial charge in [-0.3, -0.25) is 4.90 Å². The summed E-state index contributed by atoms with van der Waals surface area (Å²) in [5.41, 5.74) is 2.37. The average molecular weight is 575 g/mol. The Bertz CT molecular complexity index is 1020. The molecule has 1 unspecified atom stereocenters. The summed E-state index contributed by atoms with van der Waals surface area (Å²) < 4.78 is 7.10. The van der Waals surface area contributed by atoms with Gasteiger partial charge < -0.3 is 15.4 Å². The Morgan fingerprint density at radius 3 is 2.59 bits per heavy atom. The van der Waals surface area contributed by atoms with E-state index in [1.54, 1.807) is 24.2 Å². The summed E-state index contributed by atoms with van der Waals surface area (Å²) in [4.78, 5) is 11.8. The maximum Gasteiger partial charge on any atom is 0.191 e. The minimum absolute atomic E-state index is 0. The molecule has 8 nitrogen and oxygen atoms in total. The molecule has 0 bridgehead atoms. The molecule has 0 radical (unpaired) electrons. The van der Waals surface area contributed by atoms with Crippen molar-refractivity contribution in [2.24, 2.45) is 4.99 Å². The van der Waals surface area contributed by atoms with Crippen LogP contribution < -0.4 is 15.4 Å². The third kappa shape index (κ3) is 6.92. The molecule has 182 valence electrons. The highest BCUT2D eigenvalue weighted by molar-refractivity contribution is 14.0. The second kappa shape index (κ2) is 13.3. The van der Waals surface area contributed by atoms with E-state index < -0.39 is 0 Å². The van der Waals surface area contributed by atoms with Crippen LogP contribution in [0.3, 0.4) is 0 Å². The maximum absolute atomic E-state index is 5.34. The Balaban J connectivity index is 0.00000324. The summed E-state index contributed by atoms with van der Waals surface area (Å²) in [5, 5.41) is 11.2. The molecule has 1 saturated heterocycles. The number of pyridine rings is 1. The molecule has 4 rings (SSSR count). The number of hydrogen-bond acceptors (Lipinski definition) is 5. The van der Waals surface area contributed by atoms with Crippen molar-refractivity contribution in [3.8, 4) is 11.6 Å². The highest BCUT2D eigenvalue weighted by Gasteiger charge is 2.23. The van der Waals surface area contributed by atoms with Gasteiger partial charge in [-0.15, -0.1) is 24.0 Å². The van der Waals surface area contributed by atoms with Gasteiger partial charge in [0.1, 0.15) is 5.75 Å². The molecule has 2 N–H and O–H groups in total. The van der Waals surface area contributed by atoms with E-state index in [0.29, 0.717) is 6.54 Å². The standard InChI is InChI=1S/C25H33N7O.HI/c1-3-26-25(28-18-20-11-13-27-24(17-20)32-16-6-12-30-32)29-19-23(31-14-4-5-15-31)21-7-9-22(33-2)10-8-21;/h6-13,16-17,23H,3-5,14-15,18-19H2,1-2H3,(H2,26,28,29);1H. The van der Waals surface area contributed by atoms with Crippen LogP contribution in [0.4, 0.5) is 0 Å². The van der Waals surface area contributed by atoms with E-state index in [1.807, 2.05) is 36.5 Å². The third-order valence-electron chi connectivity index (χ3n) is 5.86. The lowest BCUT2D eigenvalue weighted by Gasteiger charge is -2.29. The van der Waals surface area contributed by atoms with Crippen molar-refractivity contribution in [1.82, 2.24) is 30.3 Å². The fraction of sp³-hybridized carbons (Fsp3) is 0.400. The zero-order valence-corrected chi connectivity index (χ0v) is 22.2. The fourth-order valence-electron chi connectivity index (χ4n) is 4.13. The highest BCUT2D eigenvalue weighted by Crippen LogP contribution is 2.26. The number of guanidine groups is 1. The maximum atomic E-state index is 5.34. The number of benzene rings is 1. The predicted molar refractivity (Wildman–Crippen MR) is 146 cm³/mol. The van der Waals surface area contributed by atoms with Gasteiger partial charge in [0.15, 0.2) is 11.8 Å². The Morgan fingerprint density at radius 1 is 1.12 bits per heavy atom. The van der Waals surface area contributed by atoms with Gasteiger partial charge in [-0.2, -0.15) is 5.10 Å². The van der Waals surface area contributed by atoms with Crippen LogP contribution in [-0.2, 0) is 6.54 Å². The van der Waals surface area contributed by atoms with Crippen LogP contribution >= 0.6 is 24.0 Å². The zero-order valence-electron chi connectivity index (χ0n) is 19.9. The molecule has 0 saturated carbocycles. The largest absolute Gasteiger partial charge is 0.497 e. The average Bonchev–Trinajstić information content (AvgIpc) is 3.58. The molecule has 3 aromatic rings. The first-order chi connectivity index (χ1) is 16.3. The summed E-state index contributed by atoms with van der Waals surface area (Å²) in [7, 11) is 1.70. The molecule has 2 aromatic heterocycles. The van der Waals surface area contributed by atoms with Crippen molar-refractivity contribution in [2.45, 2.75) is 32.4 Å². The Morgan fingerprint density at radius 2 is 1.91 bits per heavy atom. The van der Waals surface area contributed by atoms with E-state index in [4.69, 9.17) is 9.73 Å². The van der Waals surface area contributed by atoms with Crippen molar-refractivity contribution in [3.63, 3.8) is 0 Å². The second-order valence-electron chi connectivity index (χ2n) is 8.08. The van der Waals surface area contributed by atoms with E-state index in [1.165, 1.54) is 18.4 Å². The molecule has 1 aliphatic heterocycles. The monoisotopic (exact) mass is 575 g/mol. The normalized spacial score (nSPS) is 14.9. The molecule has 0 amide bonds. The number of nitrogens with zero attached hydrogens (tertiary/aromatic N) is 5. The molecule has 1 aromatic carbocycles. The van der Waals surface area contributed by atoms with Crippen molar-refractivity contribution in [1.29, 1.82) is 0 Å². The summed E-state index contributed by atoms with van der Waals surface area (Å²) >= 11 is 0. The fourth-order valence-corrected chi connectivity index (χ4v) is 4.13. The molecule has 34 heavy (non-hydrogen) atoms. The van der Waals surface area contributed by atoms with Crippen molar-refractivity contribution in [2.75, 3.05) is 33.3 Å². The van der Waals surface area contributed by atoms with Gasteiger partial charge in [0, 0.05) is 31.7 Å².